The van der Waals surface area contributed by atoms with Crippen LogP contribution in [0.1, 0.15) is 12.1 Å². The Morgan fingerprint density at radius 1 is 1.41 bits per heavy atom. The Bertz CT molecular complexity index is 885. The summed E-state index contributed by atoms with van der Waals surface area (Å²) in [6, 6.07) is 6.93. The average Bonchev–Trinajstić information content (AvgIpc) is 3.16. The molecule has 0 radical (unpaired) electrons. The molecule has 1 saturated heterocycles. The molecule has 1 unspecified atom stereocenters. The van der Waals surface area contributed by atoms with Gasteiger partial charge >= 0.3 is 0 Å². The van der Waals surface area contributed by atoms with Crippen molar-refractivity contribution < 1.29 is 14.4 Å². The summed E-state index contributed by atoms with van der Waals surface area (Å²) in [4.78, 5) is 41.6. The quantitative estimate of drug-likeness (QED) is 0.693. The number of anilines is 2. The van der Waals surface area contributed by atoms with E-state index in [1.807, 2.05) is 0 Å². The highest BCUT2D eigenvalue weighted by Gasteiger charge is 2.35. The summed E-state index contributed by atoms with van der Waals surface area (Å²) >= 11 is 8.46. The summed E-state index contributed by atoms with van der Waals surface area (Å²) in [7, 11) is 0. The molecule has 10 heteroatoms. The van der Waals surface area contributed by atoms with Crippen molar-refractivity contribution in [3.8, 4) is 0 Å². The molecule has 1 aromatic heterocycles. The van der Waals surface area contributed by atoms with Gasteiger partial charge in [0.15, 0.2) is 5.13 Å². The molecule has 142 valence electrons. The number of rotatable bonds is 6. The number of thiazole rings is 1. The van der Waals surface area contributed by atoms with E-state index < -0.39 is 11.8 Å². The molecule has 2 aromatic rings. The molecule has 7 nitrogen and oxygen atoms in total. The number of nitrogens with zero attached hydrogens (tertiary/aromatic N) is 2. The Kier molecular flexibility index (Phi) is 6.03. The zero-order valence-electron chi connectivity index (χ0n) is 14.4. The summed E-state index contributed by atoms with van der Waals surface area (Å²) in [6.45, 7) is 2.11. The van der Waals surface area contributed by atoms with E-state index in [1.165, 1.54) is 23.1 Å². The van der Waals surface area contributed by atoms with E-state index in [-0.39, 0.29) is 24.0 Å². The number of nitrogens with two attached hydrogens (primary N) is 1. The van der Waals surface area contributed by atoms with Crippen molar-refractivity contribution >= 4 is 63.2 Å². The number of hydrogen-bond acceptors (Lipinski definition) is 6. The number of halogens is 1. The van der Waals surface area contributed by atoms with Crippen LogP contribution >= 0.6 is 34.7 Å². The minimum atomic E-state index is -0.459. The van der Waals surface area contributed by atoms with Crippen LogP contribution in [0.15, 0.2) is 28.5 Å². The van der Waals surface area contributed by atoms with Gasteiger partial charge in [-0.05, 0) is 31.2 Å². The van der Waals surface area contributed by atoms with Gasteiger partial charge in [-0.2, -0.15) is 0 Å². The third-order valence-corrected chi connectivity index (χ3v) is 6.67. The van der Waals surface area contributed by atoms with E-state index in [0.29, 0.717) is 16.7 Å². The van der Waals surface area contributed by atoms with Crippen molar-refractivity contribution in [2.45, 2.75) is 17.6 Å². The van der Waals surface area contributed by atoms with Crippen LogP contribution < -0.4 is 16.0 Å². The molecule has 1 aliphatic rings. The molecule has 0 bridgehead atoms. The maximum absolute atomic E-state index is 12.6. The van der Waals surface area contributed by atoms with Crippen molar-refractivity contribution in [2.24, 2.45) is 11.7 Å². The molecule has 0 spiro atoms. The van der Waals surface area contributed by atoms with Gasteiger partial charge in [0.25, 0.3) is 0 Å². The Balaban J connectivity index is 1.63. The predicted octanol–water partition coefficient (Wildman–Crippen LogP) is 2.67. The second-order valence-electron chi connectivity index (χ2n) is 6.02. The maximum Gasteiger partial charge on any atom is 0.231 e. The summed E-state index contributed by atoms with van der Waals surface area (Å²) in [5.41, 5.74) is 6.60. The molecule has 1 fully saturated rings. The van der Waals surface area contributed by atoms with Gasteiger partial charge < -0.3 is 16.0 Å². The number of thioether (sulfide) groups is 1. The fourth-order valence-corrected chi connectivity index (χ4v) is 4.67. The van der Waals surface area contributed by atoms with Gasteiger partial charge in [-0.3, -0.25) is 14.4 Å². The molecular formula is C17H17ClN4O3S2. The second kappa shape index (κ2) is 8.28. The average molecular weight is 425 g/mol. The van der Waals surface area contributed by atoms with Crippen LogP contribution in [0.4, 0.5) is 10.8 Å². The van der Waals surface area contributed by atoms with Crippen molar-refractivity contribution in [2.75, 3.05) is 22.5 Å². The lowest BCUT2D eigenvalue weighted by molar-refractivity contribution is -0.122. The van der Waals surface area contributed by atoms with E-state index in [4.69, 9.17) is 17.3 Å². The Morgan fingerprint density at radius 3 is 2.78 bits per heavy atom. The number of carbonyl (C=O) groups excluding carboxylic acids is 3. The smallest absolute Gasteiger partial charge is 0.231 e. The van der Waals surface area contributed by atoms with E-state index in [9.17, 15) is 14.4 Å². The Hall–Kier alpha value is -2.10. The van der Waals surface area contributed by atoms with Crippen molar-refractivity contribution in [3.05, 3.63) is 35.0 Å². The molecule has 3 N–H and O–H groups in total. The van der Waals surface area contributed by atoms with Crippen LogP contribution in [-0.2, 0) is 14.4 Å². The first kappa shape index (κ1) is 19.7. The lowest BCUT2D eigenvalue weighted by Crippen LogP contribution is -2.28. The molecule has 1 aromatic carbocycles. The summed E-state index contributed by atoms with van der Waals surface area (Å²) in [5.74, 6) is -1.07. The van der Waals surface area contributed by atoms with Crippen LogP contribution in [0.3, 0.4) is 0 Å². The SMILES string of the molecule is Cc1nc(NC(=O)C2CC(=O)N(c3ccc(Cl)cc3)C2)sc1SCC(N)=O. The number of nitrogens with one attached hydrogen (secondary N) is 1. The van der Waals surface area contributed by atoms with Gasteiger partial charge in [0.1, 0.15) is 0 Å². The molecule has 0 saturated carbocycles. The molecule has 3 amide bonds. The van der Waals surface area contributed by atoms with Gasteiger partial charge in [-0.1, -0.05) is 22.9 Å². The zero-order chi connectivity index (χ0) is 19.6. The summed E-state index contributed by atoms with van der Waals surface area (Å²) < 4.78 is 0.828. The highest BCUT2D eigenvalue weighted by atomic mass is 35.5. The standard InChI is InChI=1S/C17H17ClN4O3S2/c1-9-16(26-8-13(19)23)27-17(20-9)21-15(25)10-6-14(24)22(7-10)12-4-2-11(18)3-5-12/h2-5,10H,6-8H2,1H3,(H2,19,23)(H,20,21,25). The van der Waals surface area contributed by atoms with Crippen LogP contribution in [0.25, 0.3) is 0 Å². The fraction of sp³-hybridized carbons (Fsp3) is 0.294. The molecule has 1 aliphatic heterocycles. The summed E-state index contributed by atoms with van der Waals surface area (Å²) in [6.07, 6.45) is 0.141. The highest BCUT2D eigenvalue weighted by molar-refractivity contribution is 8.01. The number of primary amides is 1. The number of amides is 3. The maximum atomic E-state index is 12.6. The minimum absolute atomic E-state index is 0.106. The number of carbonyl (C=O) groups is 3. The molecule has 0 aliphatic carbocycles. The van der Waals surface area contributed by atoms with Crippen molar-refractivity contribution in [1.29, 1.82) is 0 Å². The van der Waals surface area contributed by atoms with Crippen molar-refractivity contribution in [1.82, 2.24) is 4.98 Å². The lowest BCUT2D eigenvalue weighted by atomic mass is 10.1. The lowest BCUT2D eigenvalue weighted by Gasteiger charge is -2.16. The monoisotopic (exact) mass is 424 g/mol. The van der Waals surface area contributed by atoms with E-state index in [2.05, 4.69) is 10.3 Å². The van der Waals surface area contributed by atoms with Crippen LogP contribution in [-0.4, -0.2) is 35.0 Å². The largest absolute Gasteiger partial charge is 0.369 e. The molecule has 3 rings (SSSR count). The number of aromatic nitrogens is 1. The number of benzene rings is 1. The molecule has 27 heavy (non-hydrogen) atoms. The third kappa shape index (κ3) is 4.79. The van der Waals surface area contributed by atoms with E-state index >= 15 is 0 Å². The Morgan fingerprint density at radius 2 is 2.11 bits per heavy atom. The van der Waals surface area contributed by atoms with Gasteiger partial charge in [-0.15, -0.1) is 11.8 Å². The number of hydrogen-bond donors (Lipinski definition) is 2. The highest BCUT2D eigenvalue weighted by Crippen LogP contribution is 2.33. The zero-order valence-corrected chi connectivity index (χ0v) is 16.8. The number of aryl methyl sites for hydroxylation is 1. The van der Waals surface area contributed by atoms with Gasteiger partial charge in [0.2, 0.25) is 17.7 Å². The fourth-order valence-electron chi connectivity index (χ4n) is 2.67. The first-order valence-electron chi connectivity index (χ1n) is 8.09. The topological polar surface area (TPSA) is 105 Å². The van der Waals surface area contributed by atoms with Gasteiger partial charge in [0.05, 0.1) is 21.6 Å². The van der Waals surface area contributed by atoms with Gasteiger partial charge in [-0.25, -0.2) is 4.98 Å². The van der Waals surface area contributed by atoms with Crippen LogP contribution in [0, 0.1) is 12.8 Å². The van der Waals surface area contributed by atoms with Gasteiger partial charge in [0, 0.05) is 23.7 Å². The van der Waals surface area contributed by atoms with Crippen molar-refractivity contribution in [3.63, 3.8) is 0 Å². The predicted molar refractivity (Wildman–Crippen MR) is 107 cm³/mol. The van der Waals surface area contributed by atoms with Crippen LogP contribution in [0.2, 0.25) is 5.02 Å². The first-order chi connectivity index (χ1) is 12.8. The normalized spacial score (nSPS) is 16.6. The Labute approximate surface area is 169 Å². The second-order valence-corrected chi connectivity index (χ2v) is 8.70. The molecule has 2 heterocycles. The van der Waals surface area contributed by atoms with Crippen LogP contribution in [0.5, 0.6) is 0 Å². The van der Waals surface area contributed by atoms with E-state index in [0.717, 1.165) is 15.6 Å². The minimum Gasteiger partial charge on any atom is -0.369 e. The first-order valence-corrected chi connectivity index (χ1v) is 10.3. The third-order valence-electron chi connectivity index (χ3n) is 3.96. The summed E-state index contributed by atoms with van der Waals surface area (Å²) in [5, 5.41) is 3.81. The molecular weight excluding hydrogens is 408 g/mol. The molecule has 1 atom stereocenters. The van der Waals surface area contributed by atoms with E-state index in [1.54, 1.807) is 36.1 Å².